The Bertz CT molecular complexity index is 385. The number of unbranched alkanes of at least 4 members (excludes halogenated alkanes) is 9. The highest BCUT2D eigenvalue weighted by atomic mass is 35.6. The Morgan fingerprint density at radius 3 is 1.68 bits per heavy atom. The number of quaternary nitrogens is 1. The summed E-state index contributed by atoms with van der Waals surface area (Å²) in [4.78, 5) is 0. The van der Waals surface area contributed by atoms with Crippen molar-refractivity contribution < 1.29 is 25.1 Å². The molecular weight excluding hydrogens is 334 g/mol. The van der Waals surface area contributed by atoms with E-state index in [-0.39, 0.29) is 0 Å². The lowest BCUT2D eigenvalue weighted by atomic mass is 10.1. The topological polar surface area (TPSA) is 46.1 Å². The third-order valence-electron chi connectivity index (χ3n) is 4.57. The van der Waals surface area contributed by atoms with Crippen LogP contribution in [0.1, 0.15) is 76.7 Å². The highest BCUT2D eigenvalue weighted by Gasteiger charge is 2.14. The van der Waals surface area contributed by atoms with Crippen LogP contribution in [0, 0.1) is 11.3 Å². The van der Waals surface area contributed by atoms with E-state index in [1.165, 1.54) is 76.3 Å². The van der Waals surface area contributed by atoms with Crippen molar-refractivity contribution in [2.45, 2.75) is 77.7 Å². The lowest BCUT2D eigenvalue weighted by Crippen LogP contribution is -2.39. The maximum atomic E-state index is 8.24. The number of hydrogen-bond acceptors (Lipinski definition) is 2. The van der Waals surface area contributed by atoms with Crippen molar-refractivity contribution in [2.75, 3.05) is 20.6 Å². The van der Waals surface area contributed by atoms with E-state index < -0.39 is 11.3 Å². The van der Waals surface area contributed by atoms with Crippen molar-refractivity contribution in [3.63, 3.8) is 0 Å². The molecule has 0 aliphatic heterocycles. The van der Waals surface area contributed by atoms with E-state index >= 15 is 0 Å². The second-order valence-electron chi connectivity index (χ2n) is 7.55. The predicted octanol–water partition coefficient (Wildman–Crippen LogP) is 3.81. The van der Waals surface area contributed by atoms with Gasteiger partial charge in [0.2, 0.25) is 0 Å². The quantitative estimate of drug-likeness (QED) is 0.391. The summed E-state index contributed by atoms with van der Waals surface area (Å²) < 4.78 is 17.6. The Balaban J connectivity index is 0.00000178. The van der Waals surface area contributed by atoms with E-state index in [9.17, 15) is 0 Å². The van der Waals surface area contributed by atoms with Gasteiger partial charge in [-0.25, -0.2) is 0 Å². The van der Waals surface area contributed by atoms with Gasteiger partial charge in [-0.2, -0.15) is 0 Å². The van der Waals surface area contributed by atoms with Gasteiger partial charge >= 0.3 is 0 Å². The maximum Gasteiger partial charge on any atom is 0.104 e. The molecule has 0 aliphatic rings. The largest absolute Gasteiger partial charge is 0.544 e. The average molecular weight is 372 g/mol. The van der Waals surface area contributed by atoms with Gasteiger partial charge in [-0.05, 0) is 12.8 Å². The molecule has 0 fully saturated rings. The lowest BCUT2D eigenvalue weighted by molar-refractivity contribution is -1.41. The van der Waals surface area contributed by atoms with Crippen molar-refractivity contribution in [3.05, 3.63) is 35.9 Å². The van der Waals surface area contributed by atoms with Crippen molar-refractivity contribution in [3.8, 4) is 0 Å². The number of benzene rings is 1. The van der Waals surface area contributed by atoms with E-state index in [4.69, 9.17) is 9.32 Å². The molecule has 0 amide bonds. The van der Waals surface area contributed by atoms with Gasteiger partial charge in [-0.15, -0.1) is 0 Å². The van der Waals surface area contributed by atoms with Crippen LogP contribution in [0.5, 0.6) is 0 Å². The van der Waals surface area contributed by atoms with Gasteiger partial charge in [0.15, 0.2) is 0 Å². The molecule has 4 heteroatoms. The van der Waals surface area contributed by atoms with E-state index in [0.717, 1.165) is 11.0 Å². The molecule has 3 nitrogen and oxygen atoms in total. The molecule has 0 spiro atoms. The van der Waals surface area contributed by atoms with Crippen LogP contribution in [-0.4, -0.2) is 25.1 Å². The molecule has 0 bridgehead atoms. The number of nitrogens with zero attached hydrogens (tertiary/aromatic N) is 1. The zero-order valence-corrected chi connectivity index (χ0v) is 17.3. The zero-order valence-electron chi connectivity index (χ0n) is 16.5. The molecular formula is C21H38ClNO2. The minimum atomic E-state index is -0.417. The normalized spacial score (nSPS) is 11.1. The molecule has 0 N–H and O–H groups in total. The Kier molecular flexibility index (Phi) is 16.4. The van der Waals surface area contributed by atoms with E-state index in [2.05, 4.69) is 51.4 Å². The molecule has 146 valence electrons. The molecule has 0 aromatic heterocycles. The van der Waals surface area contributed by atoms with Crippen molar-refractivity contribution in [1.29, 1.82) is 0 Å². The van der Waals surface area contributed by atoms with Gasteiger partial charge in [0.1, 0.15) is 6.54 Å². The minimum absolute atomic E-state index is 0.417. The van der Waals surface area contributed by atoms with Gasteiger partial charge < -0.3 is 13.8 Å². The van der Waals surface area contributed by atoms with Gasteiger partial charge in [-0.3, -0.25) is 0 Å². The third kappa shape index (κ3) is 16.6. The van der Waals surface area contributed by atoms with Crippen molar-refractivity contribution >= 4 is 0 Å². The summed E-state index contributed by atoms with van der Waals surface area (Å²) in [7, 11) is 4.72. The van der Waals surface area contributed by atoms with Crippen LogP contribution in [0.2, 0.25) is 0 Å². The third-order valence-corrected chi connectivity index (χ3v) is 4.57. The van der Waals surface area contributed by atoms with Crippen LogP contribution in [0.4, 0.5) is 0 Å². The highest BCUT2D eigenvalue weighted by molar-refractivity contribution is 5.13. The number of rotatable bonds is 13. The summed E-state index contributed by atoms with van der Waals surface area (Å²) in [6, 6.07) is 10.9. The molecule has 1 rings (SSSR count). The predicted molar refractivity (Wildman–Crippen MR) is 99.0 cm³/mol. The molecule has 0 heterocycles. The Morgan fingerprint density at radius 2 is 1.20 bits per heavy atom. The van der Waals surface area contributed by atoms with Gasteiger partial charge in [0.25, 0.3) is 0 Å². The van der Waals surface area contributed by atoms with Gasteiger partial charge in [-0.1, -0.05) is 88.6 Å². The summed E-state index contributed by atoms with van der Waals surface area (Å²) in [6.07, 6.45) is 14.2. The molecule has 0 radical (unpaired) electrons. The standard InChI is InChI=1S/C21H38N.ClO2/c1-4-5-6-7-8-9-10-11-12-16-19-22(2,3)20-21-17-14-13-15-18-21;2-1-3/h13-15,17-18H,4-12,16,19-20H2,1-3H3;/q+1;-1. The minimum Gasteiger partial charge on any atom is -0.544 e. The molecule has 0 atom stereocenters. The summed E-state index contributed by atoms with van der Waals surface area (Å²) >= 11 is -0.417. The number of halogens is 1. The van der Waals surface area contributed by atoms with E-state index in [1.807, 2.05) is 0 Å². The van der Waals surface area contributed by atoms with Crippen LogP contribution in [-0.2, 0) is 6.54 Å². The summed E-state index contributed by atoms with van der Waals surface area (Å²) in [5.41, 5.74) is 1.46. The summed E-state index contributed by atoms with van der Waals surface area (Å²) in [5.74, 6) is 0. The Hall–Kier alpha value is -0.610. The van der Waals surface area contributed by atoms with Crippen LogP contribution >= 0.6 is 0 Å². The van der Waals surface area contributed by atoms with Gasteiger partial charge in [0, 0.05) is 5.56 Å². The van der Waals surface area contributed by atoms with Crippen LogP contribution < -0.4 is 9.32 Å². The van der Waals surface area contributed by atoms with E-state index in [1.54, 1.807) is 0 Å². The van der Waals surface area contributed by atoms with Crippen LogP contribution in [0.3, 0.4) is 0 Å². The first-order chi connectivity index (χ1) is 12.1. The lowest BCUT2D eigenvalue weighted by Gasteiger charge is -2.30. The zero-order chi connectivity index (χ0) is 18.8. The SMILES string of the molecule is CCCCCCCCCCCC[N+](C)(C)Cc1ccccc1.[O-][Cl+][O-]. The molecule has 0 aliphatic carbocycles. The maximum absolute atomic E-state index is 8.24. The van der Waals surface area contributed by atoms with E-state index in [0.29, 0.717) is 0 Å². The fourth-order valence-electron chi connectivity index (χ4n) is 3.18. The molecule has 0 unspecified atom stereocenters. The smallest absolute Gasteiger partial charge is 0.104 e. The van der Waals surface area contributed by atoms with Crippen LogP contribution in [0.25, 0.3) is 0 Å². The first kappa shape index (κ1) is 24.4. The molecule has 25 heavy (non-hydrogen) atoms. The fourth-order valence-corrected chi connectivity index (χ4v) is 3.18. The Morgan fingerprint density at radius 1 is 0.760 bits per heavy atom. The first-order valence-electron chi connectivity index (χ1n) is 9.81. The fraction of sp³-hybridized carbons (Fsp3) is 0.714. The molecule has 1 aromatic carbocycles. The highest BCUT2D eigenvalue weighted by Crippen LogP contribution is 2.13. The first-order valence-corrected chi connectivity index (χ1v) is 10.4. The molecule has 0 saturated heterocycles. The molecule has 0 saturated carbocycles. The van der Waals surface area contributed by atoms with Crippen molar-refractivity contribution in [1.82, 2.24) is 0 Å². The monoisotopic (exact) mass is 371 g/mol. The number of hydrogen-bond donors (Lipinski definition) is 0. The summed E-state index contributed by atoms with van der Waals surface area (Å²) in [5, 5.41) is 0. The molecule has 1 aromatic rings. The summed E-state index contributed by atoms with van der Waals surface area (Å²) in [6.45, 7) is 4.74. The van der Waals surface area contributed by atoms with Crippen LogP contribution in [0.15, 0.2) is 30.3 Å². The second kappa shape index (κ2) is 16.8. The van der Waals surface area contributed by atoms with Gasteiger partial charge in [0.05, 0.1) is 32.0 Å². The average Bonchev–Trinajstić information content (AvgIpc) is 2.58. The van der Waals surface area contributed by atoms with Crippen molar-refractivity contribution in [2.24, 2.45) is 0 Å². The Labute approximate surface area is 159 Å². The second-order valence-corrected chi connectivity index (χ2v) is 7.67.